The molecule has 7 heteroatoms. The number of fused-ring (bicyclic) bond motifs is 2. The number of pyridine rings is 2. The van der Waals surface area contributed by atoms with Crippen LogP contribution in [0.1, 0.15) is 24.4 Å². The third-order valence-electron chi connectivity index (χ3n) is 4.93. The lowest BCUT2D eigenvalue weighted by Gasteiger charge is -2.10. The topological polar surface area (TPSA) is 103 Å². The molecule has 4 aromatic heterocycles. The van der Waals surface area contributed by atoms with Gasteiger partial charge in [0.15, 0.2) is 0 Å². The predicted octanol–water partition coefficient (Wildman–Crippen LogP) is 4.17. The second-order valence-corrected chi connectivity index (χ2v) is 7.04. The number of anilines is 1. The number of nitrogens with zero attached hydrogens (tertiary/aromatic N) is 3. The maximum Gasteiger partial charge on any atom is 0.140 e. The maximum absolute atomic E-state index is 9.80. The molecule has 4 N–H and O–H groups in total. The minimum Gasteiger partial charge on any atom is -0.385 e. The first-order valence-electron chi connectivity index (χ1n) is 9.46. The van der Waals surface area contributed by atoms with Gasteiger partial charge in [-0.2, -0.15) is 0 Å². The van der Waals surface area contributed by atoms with Crippen molar-refractivity contribution in [2.45, 2.75) is 19.6 Å². The highest BCUT2D eigenvalue weighted by atomic mass is 16.3. The minimum atomic E-state index is -0.633. The molecule has 0 saturated carbocycles. The summed E-state index contributed by atoms with van der Waals surface area (Å²) in [4.78, 5) is 19.7. The SMILES string of the molecule is CC(O)c1nc2ccc(-c3cc(NCc4cccnc4)nc4[nH]ccc34)cc2[nH]1. The first-order chi connectivity index (χ1) is 14.2. The highest BCUT2D eigenvalue weighted by molar-refractivity contribution is 5.96. The van der Waals surface area contributed by atoms with Crippen molar-refractivity contribution in [1.29, 1.82) is 0 Å². The van der Waals surface area contributed by atoms with E-state index in [1.54, 1.807) is 13.1 Å². The van der Waals surface area contributed by atoms with Crippen LogP contribution in [0.2, 0.25) is 0 Å². The lowest BCUT2D eigenvalue weighted by molar-refractivity contribution is 0.190. The fourth-order valence-electron chi connectivity index (χ4n) is 3.46. The van der Waals surface area contributed by atoms with Crippen molar-refractivity contribution < 1.29 is 5.11 Å². The molecule has 0 fully saturated rings. The molecule has 0 aliphatic carbocycles. The average molecular weight is 384 g/mol. The number of benzene rings is 1. The van der Waals surface area contributed by atoms with E-state index in [0.717, 1.165) is 44.6 Å². The van der Waals surface area contributed by atoms with Gasteiger partial charge in [0.1, 0.15) is 23.4 Å². The molecule has 1 atom stereocenters. The van der Waals surface area contributed by atoms with E-state index < -0.39 is 6.10 Å². The van der Waals surface area contributed by atoms with E-state index in [2.05, 4.69) is 42.4 Å². The number of imidazole rings is 1. The van der Waals surface area contributed by atoms with Gasteiger partial charge in [-0.1, -0.05) is 12.1 Å². The third-order valence-corrected chi connectivity index (χ3v) is 4.93. The zero-order valence-corrected chi connectivity index (χ0v) is 15.8. The molecule has 0 bridgehead atoms. The highest BCUT2D eigenvalue weighted by Gasteiger charge is 2.12. The van der Waals surface area contributed by atoms with Gasteiger partial charge < -0.3 is 20.4 Å². The van der Waals surface area contributed by atoms with Crippen molar-refractivity contribution >= 4 is 27.9 Å². The zero-order chi connectivity index (χ0) is 19.8. The average Bonchev–Trinajstić information content (AvgIpc) is 3.38. The van der Waals surface area contributed by atoms with Crippen LogP contribution in [-0.2, 0) is 6.54 Å². The number of aromatic nitrogens is 5. The third kappa shape index (κ3) is 3.32. The summed E-state index contributed by atoms with van der Waals surface area (Å²) in [6.07, 6.45) is 4.87. The van der Waals surface area contributed by atoms with E-state index in [1.165, 1.54) is 0 Å². The number of aromatic amines is 2. The molecule has 7 nitrogen and oxygen atoms in total. The molecule has 0 aliphatic heterocycles. The Labute approximate surface area is 166 Å². The number of hydrogen-bond donors (Lipinski definition) is 4. The van der Waals surface area contributed by atoms with Crippen LogP contribution in [0.4, 0.5) is 5.82 Å². The summed E-state index contributed by atoms with van der Waals surface area (Å²) in [6.45, 7) is 2.34. The van der Waals surface area contributed by atoms with E-state index in [4.69, 9.17) is 0 Å². The lowest BCUT2D eigenvalue weighted by atomic mass is 10.0. The second kappa shape index (κ2) is 7.03. The summed E-state index contributed by atoms with van der Waals surface area (Å²) in [5, 5.41) is 14.2. The molecule has 0 spiro atoms. The Hall–Kier alpha value is -3.71. The lowest BCUT2D eigenvalue weighted by Crippen LogP contribution is -2.02. The van der Waals surface area contributed by atoms with Crippen molar-refractivity contribution in [3.05, 3.63) is 72.4 Å². The van der Waals surface area contributed by atoms with E-state index in [-0.39, 0.29) is 0 Å². The van der Waals surface area contributed by atoms with Crippen molar-refractivity contribution in [3.63, 3.8) is 0 Å². The fourth-order valence-corrected chi connectivity index (χ4v) is 3.46. The number of nitrogens with one attached hydrogen (secondary N) is 3. The van der Waals surface area contributed by atoms with Gasteiger partial charge in [-0.25, -0.2) is 9.97 Å². The molecule has 5 rings (SSSR count). The summed E-state index contributed by atoms with van der Waals surface area (Å²) in [5.74, 6) is 1.35. The van der Waals surface area contributed by atoms with Crippen molar-refractivity contribution in [2.75, 3.05) is 5.32 Å². The largest absolute Gasteiger partial charge is 0.385 e. The van der Waals surface area contributed by atoms with Gasteiger partial charge in [0, 0.05) is 30.5 Å². The molecule has 0 radical (unpaired) electrons. The van der Waals surface area contributed by atoms with E-state index in [9.17, 15) is 5.11 Å². The quantitative estimate of drug-likeness (QED) is 0.364. The van der Waals surface area contributed by atoms with Gasteiger partial charge >= 0.3 is 0 Å². The fraction of sp³-hybridized carbons (Fsp3) is 0.136. The van der Waals surface area contributed by atoms with Gasteiger partial charge in [0.25, 0.3) is 0 Å². The van der Waals surface area contributed by atoms with Crippen LogP contribution < -0.4 is 5.32 Å². The highest BCUT2D eigenvalue weighted by Crippen LogP contribution is 2.32. The van der Waals surface area contributed by atoms with Crippen molar-refractivity contribution in [1.82, 2.24) is 24.9 Å². The zero-order valence-electron chi connectivity index (χ0n) is 15.8. The van der Waals surface area contributed by atoms with E-state index in [1.807, 2.05) is 42.7 Å². The van der Waals surface area contributed by atoms with Crippen LogP contribution in [-0.4, -0.2) is 30.0 Å². The Morgan fingerprint density at radius 2 is 2.07 bits per heavy atom. The molecule has 5 aromatic rings. The predicted molar refractivity (Wildman–Crippen MR) is 113 cm³/mol. The minimum absolute atomic E-state index is 0.567. The first kappa shape index (κ1) is 17.4. The number of aliphatic hydroxyl groups excluding tert-OH is 1. The normalized spacial score (nSPS) is 12.5. The van der Waals surface area contributed by atoms with Crippen LogP contribution >= 0.6 is 0 Å². The second-order valence-electron chi connectivity index (χ2n) is 7.04. The summed E-state index contributed by atoms with van der Waals surface area (Å²) in [5.41, 5.74) is 5.76. The molecule has 144 valence electrons. The molecule has 4 heterocycles. The number of rotatable bonds is 5. The Kier molecular flexibility index (Phi) is 4.22. The smallest absolute Gasteiger partial charge is 0.140 e. The Morgan fingerprint density at radius 3 is 2.90 bits per heavy atom. The first-order valence-corrected chi connectivity index (χ1v) is 9.46. The number of hydrogen-bond acceptors (Lipinski definition) is 5. The van der Waals surface area contributed by atoms with Crippen LogP contribution in [0.15, 0.2) is 61.1 Å². The monoisotopic (exact) mass is 384 g/mol. The Balaban J connectivity index is 1.55. The molecule has 0 saturated heterocycles. The molecule has 1 unspecified atom stereocenters. The summed E-state index contributed by atoms with van der Waals surface area (Å²) >= 11 is 0. The van der Waals surface area contributed by atoms with Gasteiger partial charge in [-0.3, -0.25) is 4.98 Å². The number of aliphatic hydroxyl groups is 1. The molecule has 0 aliphatic rings. The van der Waals surface area contributed by atoms with E-state index >= 15 is 0 Å². The Morgan fingerprint density at radius 1 is 1.14 bits per heavy atom. The Bertz CT molecular complexity index is 1290. The van der Waals surface area contributed by atoms with Gasteiger partial charge in [-0.15, -0.1) is 0 Å². The summed E-state index contributed by atoms with van der Waals surface area (Å²) in [7, 11) is 0. The van der Waals surface area contributed by atoms with Gasteiger partial charge in [0.2, 0.25) is 0 Å². The molecule has 0 amide bonds. The van der Waals surface area contributed by atoms with Crippen LogP contribution in [0, 0.1) is 0 Å². The van der Waals surface area contributed by atoms with Gasteiger partial charge in [-0.05, 0) is 53.9 Å². The summed E-state index contributed by atoms with van der Waals surface area (Å²) < 4.78 is 0. The molecule has 29 heavy (non-hydrogen) atoms. The molecular formula is C22H20N6O. The van der Waals surface area contributed by atoms with Gasteiger partial charge in [0.05, 0.1) is 11.0 Å². The molecular weight excluding hydrogens is 364 g/mol. The molecule has 1 aromatic carbocycles. The van der Waals surface area contributed by atoms with E-state index in [0.29, 0.717) is 12.4 Å². The number of H-pyrrole nitrogens is 2. The van der Waals surface area contributed by atoms with Crippen LogP contribution in [0.3, 0.4) is 0 Å². The van der Waals surface area contributed by atoms with Crippen molar-refractivity contribution in [2.24, 2.45) is 0 Å². The van der Waals surface area contributed by atoms with Crippen LogP contribution in [0.5, 0.6) is 0 Å². The summed E-state index contributed by atoms with van der Waals surface area (Å²) in [6, 6.07) is 14.1. The van der Waals surface area contributed by atoms with Crippen molar-refractivity contribution in [3.8, 4) is 11.1 Å². The van der Waals surface area contributed by atoms with Crippen LogP contribution in [0.25, 0.3) is 33.2 Å². The standard InChI is InChI=1S/C22H20N6O/c1-13(29)21-26-18-5-4-15(9-19(18)27-21)17-10-20(28-22-16(17)6-8-24-22)25-12-14-3-2-7-23-11-14/h2-11,13,29H,12H2,1H3,(H,26,27)(H2,24,25,28). The maximum atomic E-state index is 9.80.